The lowest BCUT2D eigenvalue weighted by molar-refractivity contribution is -0.117. The van der Waals surface area contributed by atoms with Crippen molar-refractivity contribution in [2.75, 3.05) is 13.6 Å². The van der Waals surface area contributed by atoms with Gasteiger partial charge < -0.3 is 4.74 Å². The Bertz CT molecular complexity index is 441. The second kappa shape index (κ2) is 6.19. The Balaban J connectivity index is 2.67. The number of nitrogens with zero attached hydrogens (tertiary/aromatic N) is 2. The first-order chi connectivity index (χ1) is 9.24. The number of hydrogen-bond donors (Lipinski definition) is 5. The van der Waals surface area contributed by atoms with Crippen LogP contribution >= 0.6 is 0 Å². The van der Waals surface area contributed by atoms with E-state index >= 15 is 0 Å². The molecule has 1 aliphatic heterocycles. The maximum Gasteiger partial charge on any atom is 0.426 e. The predicted octanol–water partition coefficient (Wildman–Crippen LogP) is -0.261. The zero-order valence-electron chi connectivity index (χ0n) is 11.8. The molecule has 0 aromatic rings. The van der Waals surface area contributed by atoms with Crippen LogP contribution in [-0.2, 0) is 9.53 Å². The largest absolute Gasteiger partial charge is 0.443 e. The number of hydrogen-bond acceptors (Lipinski definition) is 8. The molecule has 10 nitrogen and oxygen atoms in total. The highest BCUT2D eigenvalue weighted by Gasteiger charge is 2.25. The van der Waals surface area contributed by atoms with Crippen LogP contribution < -0.4 is 21.7 Å². The van der Waals surface area contributed by atoms with Gasteiger partial charge in [-0.15, -0.1) is 0 Å². The summed E-state index contributed by atoms with van der Waals surface area (Å²) in [7, 11) is 1.66. The molecule has 10 heteroatoms. The highest BCUT2D eigenvalue weighted by atomic mass is 16.6. The molecule has 1 aliphatic rings. The van der Waals surface area contributed by atoms with Gasteiger partial charge in [0.05, 0.1) is 5.57 Å². The molecule has 0 aliphatic carbocycles. The summed E-state index contributed by atoms with van der Waals surface area (Å²) in [5.41, 5.74) is 16.1. The minimum atomic E-state index is -0.671. The van der Waals surface area contributed by atoms with Gasteiger partial charge in [-0.25, -0.2) is 21.1 Å². The first-order valence-corrected chi connectivity index (χ1v) is 5.87. The van der Waals surface area contributed by atoms with Gasteiger partial charge >= 0.3 is 6.09 Å². The number of ether oxygens (including phenoxy) is 1. The van der Waals surface area contributed by atoms with Crippen LogP contribution in [0.4, 0.5) is 4.79 Å². The van der Waals surface area contributed by atoms with Crippen molar-refractivity contribution in [3.05, 3.63) is 11.4 Å². The number of carbonyl (C=O) groups excluding carboxylic acids is 2. The molecule has 1 rings (SSSR count). The average Bonchev–Trinajstić information content (AvgIpc) is 2.66. The number of amides is 2. The van der Waals surface area contributed by atoms with Crippen LogP contribution in [0.1, 0.15) is 20.8 Å². The normalized spacial score (nSPS) is 14.9. The van der Waals surface area contributed by atoms with Crippen LogP contribution in [0.15, 0.2) is 16.6 Å². The van der Waals surface area contributed by atoms with E-state index in [0.29, 0.717) is 11.4 Å². The van der Waals surface area contributed by atoms with E-state index in [4.69, 9.17) is 10.3 Å². The molecule has 0 atom stereocenters. The van der Waals surface area contributed by atoms with Crippen LogP contribution in [0.2, 0.25) is 0 Å². The Morgan fingerprint density at radius 1 is 1.45 bits per heavy atom. The van der Waals surface area contributed by atoms with E-state index in [1.54, 1.807) is 27.8 Å². The topological polar surface area (TPSA) is 131 Å². The van der Waals surface area contributed by atoms with Crippen LogP contribution in [0.25, 0.3) is 0 Å². The Labute approximate surface area is 116 Å². The number of carbonyl (C=O) groups is 2. The van der Waals surface area contributed by atoms with Gasteiger partial charge in [-0.05, 0) is 20.8 Å². The van der Waals surface area contributed by atoms with Gasteiger partial charge in [-0.2, -0.15) is 5.53 Å². The Hall–Kier alpha value is -2.36. The minimum absolute atomic E-state index is 0.246. The molecule has 20 heavy (non-hydrogen) atoms. The molecule has 0 saturated heterocycles. The molecule has 0 aromatic heterocycles. The lowest BCUT2D eigenvalue weighted by atomic mass is 10.2. The zero-order chi connectivity index (χ0) is 15.3. The van der Waals surface area contributed by atoms with Crippen LogP contribution in [0, 0.1) is 5.53 Å². The summed E-state index contributed by atoms with van der Waals surface area (Å²) < 4.78 is 5.05. The molecule has 0 aromatic carbocycles. The van der Waals surface area contributed by atoms with Gasteiger partial charge in [0.1, 0.15) is 11.4 Å². The van der Waals surface area contributed by atoms with E-state index < -0.39 is 17.6 Å². The van der Waals surface area contributed by atoms with Gasteiger partial charge in [-0.3, -0.25) is 15.2 Å². The van der Waals surface area contributed by atoms with E-state index in [9.17, 15) is 9.59 Å². The van der Waals surface area contributed by atoms with Crippen molar-refractivity contribution in [3.8, 4) is 0 Å². The maximum absolute atomic E-state index is 11.6. The van der Waals surface area contributed by atoms with Crippen molar-refractivity contribution in [3.63, 3.8) is 0 Å². The first-order valence-electron chi connectivity index (χ1n) is 5.87. The van der Waals surface area contributed by atoms with Gasteiger partial charge in [0.2, 0.25) is 0 Å². The smallest absolute Gasteiger partial charge is 0.426 e. The van der Waals surface area contributed by atoms with Crippen molar-refractivity contribution in [2.24, 2.45) is 5.22 Å². The van der Waals surface area contributed by atoms with Crippen LogP contribution in [0.3, 0.4) is 0 Å². The highest BCUT2D eigenvalue weighted by molar-refractivity contribution is 5.94. The quantitative estimate of drug-likeness (QED) is 0.357. The van der Waals surface area contributed by atoms with Gasteiger partial charge in [0.15, 0.2) is 0 Å². The van der Waals surface area contributed by atoms with Crippen molar-refractivity contribution in [1.29, 1.82) is 5.53 Å². The van der Waals surface area contributed by atoms with Crippen molar-refractivity contribution < 1.29 is 14.3 Å². The third kappa shape index (κ3) is 4.39. The summed E-state index contributed by atoms with van der Waals surface area (Å²) in [6.45, 7) is 5.47. The molecule has 0 saturated carbocycles. The van der Waals surface area contributed by atoms with E-state index in [1.807, 2.05) is 5.43 Å². The SMILES string of the molecule is CN1NCC(C(=O)NN=N)=C1NNC(=O)OC(C)(C)C. The van der Waals surface area contributed by atoms with E-state index in [2.05, 4.69) is 21.5 Å². The summed E-state index contributed by atoms with van der Waals surface area (Å²) in [6.07, 6.45) is -0.671. The molecule has 2 amide bonds. The monoisotopic (exact) mass is 285 g/mol. The highest BCUT2D eigenvalue weighted by Crippen LogP contribution is 2.10. The number of rotatable bonds is 4. The Kier molecular flexibility index (Phi) is 4.86. The molecule has 5 N–H and O–H groups in total. The van der Waals surface area contributed by atoms with Crippen molar-refractivity contribution in [2.45, 2.75) is 26.4 Å². The number of nitrogens with one attached hydrogen (secondary N) is 5. The summed E-state index contributed by atoms with van der Waals surface area (Å²) >= 11 is 0. The first kappa shape index (κ1) is 15.7. The average molecular weight is 285 g/mol. The molecule has 0 unspecified atom stereocenters. The fourth-order valence-corrected chi connectivity index (χ4v) is 1.44. The van der Waals surface area contributed by atoms with Crippen molar-refractivity contribution in [1.82, 2.24) is 26.7 Å². The molecule has 112 valence electrons. The minimum Gasteiger partial charge on any atom is -0.443 e. The van der Waals surface area contributed by atoms with E-state index in [1.165, 1.54) is 5.01 Å². The molecular weight excluding hydrogens is 266 g/mol. The van der Waals surface area contributed by atoms with Gasteiger partial charge in [-0.1, -0.05) is 5.22 Å². The Morgan fingerprint density at radius 3 is 2.65 bits per heavy atom. The summed E-state index contributed by atoms with van der Waals surface area (Å²) in [5, 5.41) is 4.34. The van der Waals surface area contributed by atoms with Crippen molar-refractivity contribution >= 4 is 12.0 Å². The second-order valence-corrected chi connectivity index (χ2v) is 5.03. The summed E-state index contributed by atoms with van der Waals surface area (Å²) in [5.74, 6) is -0.192. The fourth-order valence-electron chi connectivity index (χ4n) is 1.44. The van der Waals surface area contributed by atoms with Crippen LogP contribution in [-0.4, -0.2) is 36.2 Å². The molecule has 0 fully saturated rings. The molecule has 1 heterocycles. The fraction of sp³-hybridized carbons (Fsp3) is 0.600. The maximum atomic E-state index is 11.6. The third-order valence-electron chi connectivity index (χ3n) is 2.23. The van der Waals surface area contributed by atoms with Gasteiger partial charge in [0.25, 0.3) is 5.91 Å². The molecule has 0 bridgehead atoms. The van der Waals surface area contributed by atoms with E-state index in [0.717, 1.165) is 0 Å². The second-order valence-electron chi connectivity index (χ2n) is 5.03. The lowest BCUT2D eigenvalue weighted by Gasteiger charge is -2.22. The zero-order valence-corrected chi connectivity index (χ0v) is 11.8. The predicted molar refractivity (Wildman–Crippen MR) is 68.6 cm³/mol. The standard InChI is InChI=1S/C10H19N7O3/c1-10(2,3)20-9(19)15-13-7-6(5-12-17(7)4)8(18)14-16-11/h12-13H,5H2,1-4H3,(H,15,19)(H2,11,14,18). The molecule has 0 spiro atoms. The molecule has 0 radical (unpaired) electrons. The van der Waals surface area contributed by atoms with E-state index in [-0.39, 0.29) is 6.54 Å². The summed E-state index contributed by atoms with van der Waals surface area (Å²) in [6, 6.07) is 0. The van der Waals surface area contributed by atoms with Crippen LogP contribution in [0.5, 0.6) is 0 Å². The van der Waals surface area contributed by atoms with Gasteiger partial charge in [0, 0.05) is 13.6 Å². The third-order valence-corrected chi connectivity index (χ3v) is 2.23. The summed E-state index contributed by atoms with van der Waals surface area (Å²) in [4.78, 5) is 23.2. The number of hydrazine groups is 2. The molecular formula is C10H19N7O3. The Morgan fingerprint density at radius 2 is 2.10 bits per heavy atom. The lowest BCUT2D eigenvalue weighted by Crippen LogP contribution is -2.45.